The molecule has 27 heavy (non-hydrogen) atoms. The average molecular weight is 405 g/mol. The normalized spacial score (nSPS) is 12.0. The molecule has 140 valence electrons. The van der Waals surface area contributed by atoms with Crippen molar-refractivity contribution < 1.29 is 8.42 Å². The zero-order valence-electron chi connectivity index (χ0n) is 14.6. The highest BCUT2D eigenvalue weighted by molar-refractivity contribution is 7.89. The number of sulfonamides is 1. The highest BCUT2D eigenvalue weighted by Crippen LogP contribution is 2.17. The Morgan fingerprint density at radius 3 is 2.52 bits per heavy atom. The second-order valence-corrected chi connectivity index (χ2v) is 8.05. The third-order valence-electron chi connectivity index (χ3n) is 3.94. The van der Waals surface area contributed by atoms with Crippen LogP contribution in [0.5, 0.6) is 0 Å². The van der Waals surface area contributed by atoms with Gasteiger partial charge >= 0.3 is 0 Å². The second kappa shape index (κ2) is 7.51. The van der Waals surface area contributed by atoms with Crippen LogP contribution in [0, 0.1) is 6.92 Å². The molecule has 0 spiro atoms. The first-order chi connectivity index (χ1) is 12.8. The molecule has 0 aliphatic heterocycles. The maximum absolute atomic E-state index is 12.7. The molecule has 3 rings (SSSR count). The van der Waals surface area contributed by atoms with Gasteiger partial charge in [-0.25, -0.2) is 17.8 Å². The number of nitrogens with one attached hydrogen (secondary N) is 2. The van der Waals surface area contributed by atoms with Gasteiger partial charge in [-0.1, -0.05) is 17.7 Å². The van der Waals surface area contributed by atoms with E-state index in [-0.39, 0.29) is 10.5 Å². The lowest BCUT2D eigenvalue weighted by molar-refractivity contribution is 0.588. The summed E-state index contributed by atoms with van der Waals surface area (Å²) in [6, 6.07) is 13.0. The Morgan fingerprint density at radius 1 is 1.19 bits per heavy atom. The van der Waals surface area contributed by atoms with Crippen LogP contribution in [0.1, 0.15) is 11.3 Å². The van der Waals surface area contributed by atoms with E-state index in [9.17, 15) is 13.2 Å². The van der Waals surface area contributed by atoms with E-state index in [2.05, 4.69) is 14.8 Å². The Kier molecular flexibility index (Phi) is 5.31. The smallest absolute Gasteiger partial charge is 0.280 e. The van der Waals surface area contributed by atoms with Crippen LogP contribution in [0.2, 0.25) is 5.02 Å². The fourth-order valence-corrected chi connectivity index (χ4v) is 3.39. The summed E-state index contributed by atoms with van der Waals surface area (Å²) in [5.41, 5.74) is 1.95. The maximum Gasteiger partial charge on any atom is 0.280 e. The number of nitrogens with zero attached hydrogens (tertiary/aromatic N) is 2. The molecule has 0 fully saturated rings. The number of hydrogen-bond donors (Lipinski definition) is 2. The number of H-pyrrole nitrogens is 1. The SMILES string of the molecule is CNS(=O)(=O)c1ccc(N=Cc2c(C)[nH]n(-c3cccc(Cl)c3)c2=O)cc1. The molecule has 1 aromatic heterocycles. The fourth-order valence-electron chi connectivity index (χ4n) is 2.48. The molecule has 0 saturated carbocycles. The quantitative estimate of drug-likeness (QED) is 0.640. The van der Waals surface area contributed by atoms with E-state index in [0.717, 1.165) is 0 Å². The Balaban J connectivity index is 1.91. The number of aromatic amines is 1. The summed E-state index contributed by atoms with van der Waals surface area (Å²) >= 11 is 5.99. The van der Waals surface area contributed by atoms with E-state index in [1.165, 1.54) is 30.1 Å². The number of hydrogen-bond acceptors (Lipinski definition) is 4. The lowest BCUT2D eigenvalue weighted by atomic mass is 10.2. The minimum Gasteiger partial charge on any atom is -0.295 e. The summed E-state index contributed by atoms with van der Waals surface area (Å²) < 4.78 is 27.1. The van der Waals surface area contributed by atoms with E-state index < -0.39 is 10.0 Å². The van der Waals surface area contributed by atoms with Gasteiger partial charge in [-0.05, 0) is 56.4 Å². The van der Waals surface area contributed by atoms with Gasteiger partial charge in [0.05, 0.1) is 21.8 Å². The Labute approximate surface area is 161 Å². The Morgan fingerprint density at radius 2 is 1.89 bits per heavy atom. The van der Waals surface area contributed by atoms with Crippen LogP contribution in [-0.2, 0) is 10.0 Å². The van der Waals surface area contributed by atoms with Crippen molar-refractivity contribution in [3.05, 3.63) is 75.2 Å². The van der Waals surface area contributed by atoms with Crippen LogP contribution in [-0.4, -0.2) is 31.5 Å². The first-order valence-electron chi connectivity index (χ1n) is 7.97. The van der Waals surface area contributed by atoms with Crippen molar-refractivity contribution in [1.29, 1.82) is 0 Å². The number of halogens is 1. The number of aryl methyl sites for hydroxylation is 1. The molecule has 0 radical (unpaired) electrons. The van der Waals surface area contributed by atoms with Gasteiger partial charge in [0.1, 0.15) is 0 Å². The minimum atomic E-state index is -3.50. The standard InChI is InChI=1S/C18H17ClN4O3S/c1-12-17(18(24)23(22-12)15-5-3-4-13(19)10-15)11-21-14-6-8-16(9-7-14)27(25,26)20-2/h3-11,20,22H,1-2H3. The van der Waals surface area contributed by atoms with Gasteiger partial charge < -0.3 is 0 Å². The van der Waals surface area contributed by atoms with Crippen molar-refractivity contribution in [1.82, 2.24) is 14.5 Å². The first-order valence-corrected chi connectivity index (χ1v) is 9.83. The Bertz CT molecular complexity index is 1160. The maximum atomic E-state index is 12.7. The lowest BCUT2D eigenvalue weighted by Crippen LogP contribution is -2.18. The third kappa shape index (κ3) is 4.02. The van der Waals surface area contributed by atoms with Gasteiger partial charge in [-0.3, -0.25) is 14.9 Å². The van der Waals surface area contributed by atoms with Gasteiger partial charge in [0.25, 0.3) is 5.56 Å². The second-order valence-electron chi connectivity index (χ2n) is 5.73. The van der Waals surface area contributed by atoms with Crippen LogP contribution < -0.4 is 10.3 Å². The van der Waals surface area contributed by atoms with Crippen molar-refractivity contribution >= 4 is 33.5 Å². The molecule has 0 aliphatic carbocycles. The van der Waals surface area contributed by atoms with Gasteiger partial charge in [0.15, 0.2) is 0 Å². The average Bonchev–Trinajstić information content (AvgIpc) is 2.94. The lowest BCUT2D eigenvalue weighted by Gasteiger charge is -2.01. The molecular weight excluding hydrogens is 388 g/mol. The van der Waals surface area contributed by atoms with Crippen molar-refractivity contribution in [2.75, 3.05) is 7.05 Å². The van der Waals surface area contributed by atoms with Crippen LogP contribution in [0.25, 0.3) is 5.69 Å². The zero-order valence-corrected chi connectivity index (χ0v) is 16.2. The fraction of sp³-hybridized carbons (Fsp3) is 0.111. The first kappa shape index (κ1) is 19.1. The molecular formula is C18H17ClN4O3S. The van der Waals surface area contributed by atoms with E-state index >= 15 is 0 Å². The van der Waals surface area contributed by atoms with Gasteiger partial charge in [0, 0.05) is 16.9 Å². The molecule has 0 bridgehead atoms. The molecule has 2 aromatic carbocycles. The summed E-state index contributed by atoms with van der Waals surface area (Å²) in [4.78, 5) is 17.1. The summed E-state index contributed by atoms with van der Waals surface area (Å²) in [7, 11) is -2.15. The Hall–Kier alpha value is -2.68. The van der Waals surface area contributed by atoms with E-state index in [4.69, 9.17) is 11.6 Å². The number of rotatable bonds is 5. The van der Waals surface area contributed by atoms with Gasteiger partial charge in [-0.2, -0.15) is 0 Å². The van der Waals surface area contributed by atoms with E-state index in [1.54, 1.807) is 43.3 Å². The molecule has 3 aromatic rings. The largest absolute Gasteiger partial charge is 0.295 e. The summed E-state index contributed by atoms with van der Waals surface area (Å²) in [6.45, 7) is 1.77. The molecule has 9 heteroatoms. The van der Waals surface area contributed by atoms with Crippen LogP contribution in [0.4, 0.5) is 5.69 Å². The topological polar surface area (TPSA) is 96.3 Å². The number of aliphatic imine (C=N–C) groups is 1. The molecule has 2 N–H and O–H groups in total. The van der Waals surface area contributed by atoms with Crippen LogP contribution in [0.3, 0.4) is 0 Å². The van der Waals surface area contributed by atoms with Gasteiger partial charge in [-0.15, -0.1) is 0 Å². The highest BCUT2D eigenvalue weighted by Gasteiger charge is 2.12. The monoisotopic (exact) mass is 404 g/mol. The predicted octanol–water partition coefficient (Wildman–Crippen LogP) is 2.79. The van der Waals surface area contributed by atoms with E-state index in [0.29, 0.717) is 27.7 Å². The number of benzene rings is 2. The zero-order chi connectivity index (χ0) is 19.6. The molecule has 1 heterocycles. The predicted molar refractivity (Wildman–Crippen MR) is 106 cm³/mol. The van der Waals surface area contributed by atoms with Crippen molar-refractivity contribution in [2.45, 2.75) is 11.8 Å². The summed E-state index contributed by atoms with van der Waals surface area (Å²) in [5.74, 6) is 0. The van der Waals surface area contributed by atoms with Gasteiger partial charge in [0.2, 0.25) is 10.0 Å². The van der Waals surface area contributed by atoms with Crippen molar-refractivity contribution in [3.63, 3.8) is 0 Å². The highest BCUT2D eigenvalue weighted by atomic mass is 35.5. The molecule has 0 aliphatic rings. The molecule has 7 nitrogen and oxygen atoms in total. The third-order valence-corrected chi connectivity index (χ3v) is 5.61. The molecule has 0 amide bonds. The molecule has 0 saturated heterocycles. The minimum absolute atomic E-state index is 0.144. The van der Waals surface area contributed by atoms with Crippen LogP contribution >= 0.6 is 11.6 Å². The summed E-state index contributed by atoms with van der Waals surface area (Å²) in [6.07, 6.45) is 1.46. The summed E-state index contributed by atoms with van der Waals surface area (Å²) in [5, 5.41) is 3.52. The van der Waals surface area contributed by atoms with Crippen molar-refractivity contribution in [2.24, 2.45) is 4.99 Å². The molecule has 0 atom stereocenters. The van der Waals surface area contributed by atoms with E-state index in [1.807, 2.05) is 0 Å². The number of aromatic nitrogens is 2. The van der Waals surface area contributed by atoms with Crippen LogP contribution in [0.15, 0.2) is 63.2 Å². The van der Waals surface area contributed by atoms with Crippen molar-refractivity contribution in [3.8, 4) is 5.69 Å². The molecule has 0 unspecified atom stereocenters.